The molecule has 4 nitrogen and oxygen atoms in total. The van der Waals surface area contributed by atoms with Gasteiger partial charge in [-0.2, -0.15) is 0 Å². The van der Waals surface area contributed by atoms with Crippen LogP contribution in [-0.2, 0) is 6.42 Å². The molecule has 0 spiro atoms. The molecule has 0 aliphatic carbocycles. The largest absolute Gasteiger partial charge is 0.314 e. The number of rotatable bonds is 8. The number of halogens is 1. The molecule has 0 fully saturated rings. The summed E-state index contributed by atoms with van der Waals surface area (Å²) >= 11 is 2.11. The number of hydrogen-bond donors (Lipinski definition) is 1. The SMILES string of the molecule is CCCNC(CCC)Cc1ccc(I)cc1[N+](=O)[O-]. The minimum atomic E-state index is -0.277. The monoisotopic (exact) mass is 376 g/mol. The number of nitrogens with zero attached hydrogens (tertiary/aromatic N) is 1. The molecule has 0 saturated heterocycles. The summed E-state index contributed by atoms with van der Waals surface area (Å²) in [6.45, 7) is 5.23. The third-order valence-electron chi connectivity index (χ3n) is 3.03. The fourth-order valence-corrected chi connectivity index (χ4v) is 2.59. The van der Waals surface area contributed by atoms with E-state index in [1.54, 1.807) is 6.07 Å². The number of benzene rings is 1. The van der Waals surface area contributed by atoms with Crippen molar-refractivity contribution >= 4 is 28.3 Å². The Morgan fingerprint density at radius 3 is 2.68 bits per heavy atom. The van der Waals surface area contributed by atoms with Gasteiger partial charge in [-0.15, -0.1) is 0 Å². The van der Waals surface area contributed by atoms with Crippen molar-refractivity contribution in [3.63, 3.8) is 0 Å². The molecular formula is C14H21IN2O2. The molecule has 0 amide bonds. The van der Waals surface area contributed by atoms with Crippen LogP contribution in [0.4, 0.5) is 5.69 Å². The highest BCUT2D eigenvalue weighted by Gasteiger charge is 2.17. The standard InChI is InChI=1S/C14H21IN2O2/c1-3-5-13(16-8-4-2)9-11-6-7-12(15)10-14(11)17(18)19/h6-7,10,13,16H,3-5,8-9H2,1-2H3. The summed E-state index contributed by atoms with van der Waals surface area (Å²) < 4.78 is 0.904. The lowest BCUT2D eigenvalue weighted by Gasteiger charge is -2.17. The van der Waals surface area contributed by atoms with Gasteiger partial charge >= 0.3 is 0 Å². The maximum Gasteiger partial charge on any atom is 0.273 e. The van der Waals surface area contributed by atoms with Crippen molar-refractivity contribution in [1.82, 2.24) is 5.32 Å². The second-order valence-corrected chi connectivity index (χ2v) is 5.92. The van der Waals surface area contributed by atoms with Crippen LogP contribution in [0.15, 0.2) is 18.2 Å². The molecule has 1 rings (SSSR count). The van der Waals surface area contributed by atoms with Gasteiger partial charge in [-0.3, -0.25) is 10.1 Å². The summed E-state index contributed by atoms with van der Waals surface area (Å²) in [6, 6.07) is 5.80. The summed E-state index contributed by atoms with van der Waals surface area (Å²) in [6.07, 6.45) is 3.93. The van der Waals surface area contributed by atoms with Crippen molar-refractivity contribution in [1.29, 1.82) is 0 Å². The van der Waals surface area contributed by atoms with Crippen LogP contribution in [0.3, 0.4) is 0 Å². The quantitative estimate of drug-likeness (QED) is 0.425. The lowest BCUT2D eigenvalue weighted by Crippen LogP contribution is -2.31. The van der Waals surface area contributed by atoms with Gasteiger partial charge in [0.05, 0.1) is 4.92 Å². The van der Waals surface area contributed by atoms with Gasteiger partial charge in [0.25, 0.3) is 5.69 Å². The number of nitrogens with one attached hydrogen (secondary N) is 1. The first-order valence-corrected chi connectivity index (χ1v) is 7.82. The minimum absolute atomic E-state index is 0.242. The molecule has 1 atom stereocenters. The smallest absolute Gasteiger partial charge is 0.273 e. The molecule has 0 radical (unpaired) electrons. The van der Waals surface area contributed by atoms with Crippen LogP contribution in [0.1, 0.15) is 38.7 Å². The van der Waals surface area contributed by atoms with E-state index in [1.807, 2.05) is 12.1 Å². The lowest BCUT2D eigenvalue weighted by molar-refractivity contribution is -0.385. The molecule has 1 aromatic carbocycles. The molecule has 0 heterocycles. The molecule has 0 aliphatic rings. The van der Waals surface area contributed by atoms with E-state index < -0.39 is 0 Å². The Bertz CT molecular complexity index is 424. The summed E-state index contributed by atoms with van der Waals surface area (Å²) in [7, 11) is 0. The highest BCUT2D eigenvalue weighted by molar-refractivity contribution is 14.1. The van der Waals surface area contributed by atoms with Gasteiger partial charge in [0.1, 0.15) is 0 Å². The van der Waals surface area contributed by atoms with E-state index in [9.17, 15) is 10.1 Å². The molecule has 106 valence electrons. The molecule has 19 heavy (non-hydrogen) atoms. The third kappa shape index (κ3) is 5.44. The Labute approximate surface area is 128 Å². The second-order valence-electron chi connectivity index (χ2n) is 4.67. The van der Waals surface area contributed by atoms with E-state index >= 15 is 0 Å². The van der Waals surface area contributed by atoms with Crippen molar-refractivity contribution in [2.45, 2.75) is 45.6 Å². The normalized spacial score (nSPS) is 12.4. The van der Waals surface area contributed by atoms with Gasteiger partial charge in [0, 0.05) is 21.2 Å². The summed E-state index contributed by atoms with van der Waals surface area (Å²) in [4.78, 5) is 10.8. The Balaban J connectivity index is 2.85. The van der Waals surface area contributed by atoms with Gasteiger partial charge in [-0.1, -0.05) is 26.3 Å². The molecule has 5 heteroatoms. The van der Waals surface area contributed by atoms with Crippen LogP contribution >= 0.6 is 22.6 Å². The molecule has 1 unspecified atom stereocenters. The second kappa shape index (κ2) is 8.47. The van der Waals surface area contributed by atoms with Crippen LogP contribution in [-0.4, -0.2) is 17.5 Å². The number of nitro benzene ring substituents is 1. The zero-order chi connectivity index (χ0) is 14.3. The molecule has 1 N–H and O–H groups in total. The van der Waals surface area contributed by atoms with Gasteiger partial charge in [-0.05, 0) is 54.5 Å². The average Bonchev–Trinajstić information content (AvgIpc) is 2.38. The average molecular weight is 376 g/mol. The van der Waals surface area contributed by atoms with E-state index in [2.05, 4.69) is 41.8 Å². The van der Waals surface area contributed by atoms with Crippen LogP contribution in [0.25, 0.3) is 0 Å². The van der Waals surface area contributed by atoms with E-state index in [0.717, 1.165) is 41.4 Å². The first-order valence-electron chi connectivity index (χ1n) is 6.74. The van der Waals surface area contributed by atoms with Gasteiger partial charge < -0.3 is 5.32 Å². The molecule has 1 aromatic rings. The predicted octanol–water partition coefficient (Wildman–Crippen LogP) is 3.91. The van der Waals surface area contributed by atoms with Crippen molar-refractivity contribution in [2.24, 2.45) is 0 Å². The van der Waals surface area contributed by atoms with E-state index in [4.69, 9.17) is 0 Å². The zero-order valence-corrected chi connectivity index (χ0v) is 13.6. The molecular weight excluding hydrogens is 355 g/mol. The molecule has 0 aliphatic heterocycles. The van der Waals surface area contributed by atoms with Crippen molar-refractivity contribution in [2.75, 3.05) is 6.54 Å². The first kappa shape index (κ1) is 16.4. The van der Waals surface area contributed by atoms with Crippen molar-refractivity contribution in [3.05, 3.63) is 37.4 Å². The van der Waals surface area contributed by atoms with Crippen LogP contribution in [0, 0.1) is 13.7 Å². The summed E-state index contributed by atoms with van der Waals surface area (Å²) in [5.74, 6) is 0. The number of nitro groups is 1. The van der Waals surface area contributed by atoms with Crippen LogP contribution in [0.2, 0.25) is 0 Å². The fourth-order valence-electron chi connectivity index (χ4n) is 2.12. The minimum Gasteiger partial charge on any atom is -0.314 e. The summed E-state index contributed by atoms with van der Waals surface area (Å²) in [5, 5.41) is 14.6. The predicted molar refractivity (Wildman–Crippen MR) is 86.5 cm³/mol. The Morgan fingerprint density at radius 1 is 1.37 bits per heavy atom. The maximum atomic E-state index is 11.1. The zero-order valence-electron chi connectivity index (χ0n) is 11.5. The highest BCUT2D eigenvalue weighted by Crippen LogP contribution is 2.23. The van der Waals surface area contributed by atoms with E-state index in [-0.39, 0.29) is 10.6 Å². The van der Waals surface area contributed by atoms with Gasteiger partial charge in [-0.25, -0.2) is 0 Å². The Hall–Kier alpha value is -0.690. The van der Waals surface area contributed by atoms with Crippen molar-refractivity contribution < 1.29 is 4.92 Å². The first-order chi connectivity index (χ1) is 9.08. The van der Waals surface area contributed by atoms with Crippen molar-refractivity contribution in [3.8, 4) is 0 Å². The number of hydrogen-bond acceptors (Lipinski definition) is 3. The molecule has 0 saturated carbocycles. The Kier molecular flexibility index (Phi) is 7.30. The molecule has 0 aromatic heterocycles. The maximum absolute atomic E-state index is 11.1. The van der Waals surface area contributed by atoms with Crippen LogP contribution in [0.5, 0.6) is 0 Å². The third-order valence-corrected chi connectivity index (χ3v) is 3.70. The van der Waals surface area contributed by atoms with Gasteiger partial charge in [0.2, 0.25) is 0 Å². The van der Waals surface area contributed by atoms with E-state index in [1.165, 1.54) is 0 Å². The Morgan fingerprint density at radius 2 is 2.11 bits per heavy atom. The van der Waals surface area contributed by atoms with Crippen LogP contribution < -0.4 is 5.32 Å². The lowest BCUT2D eigenvalue weighted by atomic mass is 10.0. The van der Waals surface area contributed by atoms with E-state index in [0.29, 0.717) is 6.04 Å². The topological polar surface area (TPSA) is 55.2 Å². The molecule has 0 bridgehead atoms. The van der Waals surface area contributed by atoms with Gasteiger partial charge in [0.15, 0.2) is 0 Å². The highest BCUT2D eigenvalue weighted by atomic mass is 127. The summed E-state index contributed by atoms with van der Waals surface area (Å²) in [5.41, 5.74) is 1.07. The fraction of sp³-hybridized carbons (Fsp3) is 0.571.